The first-order valence-electron chi connectivity index (χ1n) is 9.20. The fourth-order valence-electron chi connectivity index (χ4n) is 3.20. The van der Waals surface area contributed by atoms with Gasteiger partial charge < -0.3 is 0 Å². The van der Waals surface area contributed by atoms with Crippen LogP contribution in [0.15, 0.2) is 58.2 Å². The van der Waals surface area contributed by atoms with Crippen molar-refractivity contribution in [1.29, 1.82) is 0 Å². The summed E-state index contributed by atoms with van der Waals surface area (Å²) < 4.78 is 55.8. The molecule has 0 aliphatic rings. The Labute approximate surface area is 191 Å². The van der Waals surface area contributed by atoms with Gasteiger partial charge in [0, 0.05) is 10.7 Å². The molecule has 0 radical (unpaired) electrons. The monoisotopic (exact) mass is 497 g/mol. The lowest BCUT2D eigenvalue weighted by Gasteiger charge is -2.11. The van der Waals surface area contributed by atoms with Gasteiger partial charge in [-0.3, -0.25) is 14.6 Å². The van der Waals surface area contributed by atoms with E-state index in [0.29, 0.717) is 21.7 Å². The van der Waals surface area contributed by atoms with E-state index in [9.17, 15) is 22.0 Å². The average molecular weight is 498 g/mol. The van der Waals surface area contributed by atoms with Crippen LogP contribution in [0.3, 0.4) is 0 Å². The molecule has 0 fully saturated rings. The number of nitrogens with one attached hydrogen (secondary N) is 2. The Bertz CT molecular complexity index is 1530. The maximum Gasteiger partial charge on any atom is 0.274 e. The predicted molar refractivity (Wildman–Crippen MR) is 120 cm³/mol. The first-order valence-corrected chi connectivity index (χ1v) is 11.4. The van der Waals surface area contributed by atoms with Crippen LogP contribution in [-0.4, -0.2) is 18.2 Å². The summed E-state index contributed by atoms with van der Waals surface area (Å²) in [6.45, 7) is 1.63. The second-order valence-electron chi connectivity index (χ2n) is 7.15. The van der Waals surface area contributed by atoms with Gasteiger partial charge >= 0.3 is 0 Å². The first kappa shape index (κ1) is 22.3. The van der Waals surface area contributed by atoms with Crippen LogP contribution in [0.1, 0.15) is 11.1 Å². The number of aromatic amines is 1. The zero-order chi connectivity index (χ0) is 23.2. The number of H-pyrrole nitrogens is 1. The van der Waals surface area contributed by atoms with Gasteiger partial charge in [0.1, 0.15) is 4.90 Å². The maximum atomic E-state index is 13.5. The summed E-state index contributed by atoms with van der Waals surface area (Å²) >= 11 is 12.0. The van der Waals surface area contributed by atoms with Gasteiger partial charge in [0.2, 0.25) is 0 Å². The molecule has 2 N–H and O–H groups in total. The van der Waals surface area contributed by atoms with Crippen molar-refractivity contribution >= 4 is 49.8 Å². The van der Waals surface area contributed by atoms with Gasteiger partial charge in [0.15, 0.2) is 11.6 Å². The molecular weight excluding hydrogens is 483 g/mol. The molecule has 1 heterocycles. The van der Waals surface area contributed by atoms with Crippen molar-refractivity contribution in [2.75, 3.05) is 4.72 Å². The van der Waals surface area contributed by atoms with Crippen LogP contribution in [0, 0.1) is 18.6 Å². The number of halogens is 4. The molecule has 0 saturated heterocycles. The van der Waals surface area contributed by atoms with E-state index in [4.69, 9.17) is 23.2 Å². The molecule has 166 valence electrons. The lowest BCUT2D eigenvalue weighted by atomic mass is 10.2. The number of fused-ring (bicyclic) bond motifs is 1. The van der Waals surface area contributed by atoms with Crippen molar-refractivity contribution in [2.24, 2.45) is 0 Å². The number of nitrogens with zero attached hydrogens (tertiary/aromatic N) is 1. The van der Waals surface area contributed by atoms with Crippen LogP contribution >= 0.6 is 23.2 Å². The molecule has 0 unspecified atom stereocenters. The van der Waals surface area contributed by atoms with E-state index in [2.05, 4.69) is 9.82 Å². The Balaban J connectivity index is 1.67. The minimum Gasteiger partial charge on any atom is -0.295 e. The van der Waals surface area contributed by atoms with E-state index in [1.165, 1.54) is 41.1 Å². The number of hydrogen-bond donors (Lipinski definition) is 2. The Hall–Kier alpha value is -2.88. The van der Waals surface area contributed by atoms with Gasteiger partial charge in [-0.2, -0.15) is 0 Å². The average Bonchev–Trinajstić information content (AvgIpc) is 3.02. The molecule has 11 heteroatoms. The summed E-state index contributed by atoms with van der Waals surface area (Å²) in [5.41, 5.74) is 1.06. The highest BCUT2D eigenvalue weighted by molar-refractivity contribution is 7.92. The van der Waals surface area contributed by atoms with E-state index in [0.717, 1.165) is 12.1 Å². The molecule has 0 aliphatic carbocycles. The summed E-state index contributed by atoms with van der Waals surface area (Å²) in [7, 11) is -4.05. The Morgan fingerprint density at radius 3 is 2.47 bits per heavy atom. The van der Waals surface area contributed by atoms with Crippen LogP contribution in [0.4, 0.5) is 14.5 Å². The molecule has 3 aromatic carbocycles. The molecule has 4 aromatic rings. The predicted octanol–water partition coefficient (Wildman–Crippen LogP) is 5.07. The highest BCUT2D eigenvalue weighted by atomic mass is 35.5. The molecule has 32 heavy (non-hydrogen) atoms. The number of hydrogen-bond acceptors (Lipinski definition) is 3. The topological polar surface area (TPSA) is 84.0 Å². The van der Waals surface area contributed by atoms with Crippen molar-refractivity contribution in [3.05, 3.63) is 91.7 Å². The third kappa shape index (κ3) is 4.23. The van der Waals surface area contributed by atoms with E-state index < -0.39 is 27.2 Å². The molecular formula is C21H15Cl2F2N3O3S. The molecule has 0 bridgehead atoms. The fraction of sp³-hybridized carbons (Fsp3) is 0.0952. The second-order valence-corrected chi connectivity index (χ2v) is 9.61. The SMILES string of the molecule is Cc1cc(S(=O)(=O)Nc2ccc3[nH]n(Cc4ccc(F)c(F)c4)c(=O)c3c2)c(Cl)cc1Cl. The zero-order valence-corrected chi connectivity index (χ0v) is 18.7. The number of sulfonamides is 1. The van der Waals surface area contributed by atoms with E-state index in [-0.39, 0.29) is 27.5 Å². The molecule has 0 saturated carbocycles. The maximum absolute atomic E-state index is 13.5. The van der Waals surface area contributed by atoms with Crippen LogP contribution in [0.5, 0.6) is 0 Å². The minimum absolute atomic E-state index is 0.0224. The highest BCUT2D eigenvalue weighted by Gasteiger charge is 2.20. The number of anilines is 1. The summed E-state index contributed by atoms with van der Waals surface area (Å²) in [5, 5.41) is 3.38. The first-order chi connectivity index (χ1) is 15.0. The number of rotatable bonds is 5. The number of benzene rings is 3. The van der Waals surface area contributed by atoms with Crippen molar-refractivity contribution in [1.82, 2.24) is 9.78 Å². The van der Waals surface area contributed by atoms with Crippen LogP contribution in [0.2, 0.25) is 10.0 Å². The number of aromatic nitrogens is 2. The number of aryl methyl sites for hydroxylation is 1. The van der Waals surface area contributed by atoms with Gasteiger partial charge in [-0.05, 0) is 60.5 Å². The third-order valence-corrected chi connectivity index (χ3v) is 7.08. The Morgan fingerprint density at radius 1 is 1.00 bits per heavy atom. The third-order valence-electron chi connectivity index (χ3n) is 4.83. The second kappa shape index (κ2) is 8.23. The molecule has 1 aromatic heterocycles. The molecule has 0 atom stereocenters. The van der Waals surface area contributed by atoms with Crippen LogP contribution < -0.4 is 10.3 Å². The summed E-state index contributed by atoms with van der Waals surface area (Å²) in [5.74, 6) is -2.00. The van der Waals surface area contributed by atoms with Gasteiger partial charge in [-0.1, -0.05) is 29.3 Å². The largest absolute Gasteiger partial charge is 0.295 e. The van der Waals surface area contributed by atoms with Gasteiger partial charge in [0.25, 0.3) is 15.6 Å². The van der Waals surface area contributed by atoms with Gasteiger partial charge in [-0.15, -0.1) is 0 Å². The Kier molecular flexibility index (Phi) is 5.74. The summed E-state index contributed by atoms with van der Waals surface area (Å²) in [4.78, 5) is 12.6. The van der Waals surface area contributed by atoms with Crippen molar-refractivity contribution in [3.8, 4) is 0 Å². The molecule has 0 spiro atoms. The summed E-state index contributed by atoms with van der Waals surface area (Å²) in [6, 6.07) is 10.5. The highest BCUT2D eigenvalue weighted by Crippen LogP contribution is 2.30. The molecule has 0 aliphatic heterocycles. The van der Waals surface area contributed by atoms with E-state index in [1.807, 2.05) is 0 Å². The van der Waals surface area contributed by atoms with Crippen molar-refractivity contribution < 1.29 is 17.2 Å². The molecule has 4 rings (SSSR count). The van der Waals surface area contributed by atoms with E-state index >= 15 is 0 Å². The van der Waals surface area contributed by atoms with Crippen molar-refractivity contribution in [2.45, 2.75) is 18.4 Å². The molecule has 6 nitrogen and oxygen atoms in total. The van der Waals surface area contributed by atoms with Gasteiger partial charge in [-0.25, -0.2) is 21.9 Å². The zero-order valence-electron chi connectivity index (χ0n) is 16.4. The quantitative estimate of drug-likeness (QED) is 0.403. The van der Waals surface area contributed by atoms with Gasteiger partial charge in [0.05, 0.1) is 22.5 Å². The summed E-state index contributed by atoms with van der Waals surface area (Å²) in [6.07, 6.45) is 0. The smallest absolute Gasteiger partial charge is 0.274 e. The van der Waals surface area contributed by atoms with Crippen LogP contribution in [0.25, 0.3) is 10.9 Å². The molecule has 0 amide bonds. The fourth-order valence-corrected chi connectivity index (χ4v) is 5.09. The normalized spacial score (nSPS) is 11.8. The van der Waals surface area contributed by atoms with Crippen molar-refractivity contribution in [3.63, 3.8) is 0 Å². The standard InChI is InChI=1S/C21H15Cl2F2N3O3S/c1-11-6-20(16(23)9-15(11)22)32(30,31)27-13-3-5-19-14(8-13)21(29)28(26-19)10-12-2-4-17(24)18(25)7-12/h2-9,26-27H,10H2,1H3. The van der Waals surface area contributed by atoms with Crippen LogP contribution in [-0.2, 0) is 16.6 Å². The van der Waals surface area contributed by atoms with E-state index in [1.54, 1.807) is 6.92 Å². The lowest BCUT2D eigenvalue weighted by Crippen LogP contribution is -2.17. The Morgan fingerprint density at radius 2 is 1.75 bits per heavy atom. The lowest BCUT2D eigenvalue weighted by molar-refractivity contribution is 0.505. The minimum atomic E-state index is -4.05.